The number of aromatic amines is 1. The van der Waals surface area contributed by atoms with Gasteiger partial charge in [0, 0.05) is 0 Å². The third kappa shape index (κ3) is 2.15. The van der Waals surface area contributed by atoms with Crippen molar-refractivity contribution in [2.24, 2.45) is 0 Å². The lowest BCUT2D eigenvalue weighted by Gasteiger charge is -2.40. The highest BCUT2D eigenvalue weighted by Gasteiger charge is 2.44. The summed E-state index contributed by atoms with van der Waals surface area (Å²) in [5.74, 6) is -0.149. The smallest absolute Gasteiger partial charge is 0.280 e. The maximum Gasteiger partial charge on any atom is 0.280 e. The van der Waals surface area contributed by atoms with Gasteiger partial charge in [-0.2, -0.15) is 4.98 Å². The normalized spacial score (nSPS) is 32.5. The van der Waals surface area contributed by atoms with E-state index in [1.165, 1.54) is 10.9 Å². The Kier molecular flexibility index (Phi) is 3.58. The first kappa shape index (κ1) is 14.9. The Balaban J connectivity index is 2.08. The van der Waals surface area contributed by atoms with Gasteiger partial charge in [0.25, 0.3) is 5.56 Å². The summed E-state index contributed by atoms with van der Waals surface area (Å²) in [5, 5.41) is 38.8. The summed E-state index contributed by atoms with van der Waals surface area (Å²) in [6.45, 7) is -0.565. The molecule has 3 heterocycles. The molecule has 1 saturated heterocycles. The average Bonchev–Trinajstić information content (AvgIpc) is 2.89. The van der Waals surface area contributed by atoms with Gasteiger partial charge in [-0.05, 0) is 0 Å². The Morgan fingerprint density at radius 2 is 2.05 bits per heavy atom. The topological polar surface area (TPSA) is 180 Å². The molecule has 5 atom stereocenters. The summed E-state index contributed by atoms with van der Waals surface area (Å²) in [4.78, 5) is 21.8. The van der Waals surface area contributed by atoms with Gasteiger partial charge in [-0.15, -0.1) is 0 Å². The molecule has 1 aliphatic heterocycles. The van der Waals surface area contributed by atoms with Gasteiger partial charge in [0.05, 0.1) is 12.9 Å². The number of aliphatic hydroxyl groups is 4. The highest BCUT2D eigenvalue weighted by atomic mass is 16.6. The predicted molar refractivity (Wildman–Crippen MR) is 71.6 cm³/mol. The van der Waals surface area contributed by atoms with Gasteiger partial charge in [0.2, 0.25) is 5.95 Å². The second-order valence-electron chi connectivity index (χ2n) is 4.99. The van der Waals surface area contributed by atoms with Crippen LogP contribution >= 0.6 is 0 Å². The molecule has 11 nitrogen and oxygen atoms in total. The highest BCUT2D eigenvalue weighted by Crippen LogP contribution is 2.29. The largest absolute Gasteiger partial charge is 0.394 e. The van der Waals surface area contributed by atoms with Crippen molar-refractivity contribution in [3.63, 3.8) is 0 Å². The third-order valence-corrected chi connectivity index (χ3v) is 3.59. The van der Waals surface area contributed by atoms with Crippen LogP contribution in [0.4, 0.5) is 5.95 Å². The van der Waals surface area contributed by atoms with Gasteiger partial charge in [-0.1, -0.05) is 0 Å². The molecular formula is C11H15N5O6. The first-order valence-corrected chi connectivity index (χ1v) is 6.47. The van der Waals surface area contributed by atoms with Crippen molar-refractivity contribution in [1.82, 2.24) is 19.5 Å². The molecule has 1 aliphatic rings. The Morgan fingerprint density at radius 3 is 2.73 bits per heavy atom. The van der Waals surface area contributed by atoms with Crippen LogP contribution in [0.25, 0.3) is 11.2 Å². The van der Waals surface area contributed by atoms with E-state index in [4.69, 9.17) is 10.5 Å². The molecular weight excluding hydrogens is 298 g/mol. The number of rotatable bonds is 2. The number of ether oxygens (including phenoxy) is 1. The Morgan fingerprint density at radius 1 is 1.32 bits per heavy atom. The second kappa shape index (κ2) is 5.30. The van der Waals surface area contributed by atoms with Gasteiger partial charge >= 0.3 is 0 Å². The molecule has 0 saturated carbocycles. The number of nitrogens with one attached hydrogen (secondary N) is 1. The number of nitrogen functional groups attached to an aromatic ring is 1. The van der Waals surface area contributed by atoms with Crippen LogP contribution in [0.3, 0.4) is 0 Å². The maximum absolute atomic E-state index is 11.7. The minimum atomic E-state index is -1.55. The summed E-state index contributed by atoms with van der Waals surface area (Å²) in [6.07, 6.45) is -5.63. The fourth-order valence-electron chi connectivity index (χ4n) is 2.44. The number of fused-ring (bicyclic) bond motifs is 1. The quantitative estimate of drug-likeness (QED) is 0.330. The first-order valence-electron chi connectivity index (χ1n) is 6.47. The van der Waals surface area contributed by atoms with Crippen molar-refractivity contribution in [1.29, 1.82) is 0 Å². The molecule has 1 fully saturated rings. The van der Waals surface area contributed by atoms with Crippen LogP contribution in [0, 0.1) is 0 Å². The molecule has 0 radical (unpaired) electrons. The summed E-state index contributed by atoms with van der Waals surface area (Å²) in [6, 6.07) is 0. The SMILES string of the molecule is Nc1nc2c(ncn2C2O[C@H](CO)[C@H](O)[C@H](O)[C@H]2O)c(=O)[nH]1. The number of nitrogens with zero attached hydrogens (tertiary/aromatic N) is 3. The monoisotopic (exact) mass is 313 g/mol. The molecule has 0 aromatic carbocycles. The van der Waals surface area contributed by atoms with E-state index >= 15 is 0 Å². The lowest BCUT2D eigenvalue weighted by molar-refractivity contribution is -0.250. The fraction of sp³-hybridized carbons (Fsp3) is 0.545. The molecule has 120 valence electrons. The summed E-state index contributed by atoms with van der Waals surface area (Å²) in [5.41, 5.74) is 4.94. The number of hydrogen-bond donors (Lipinski definition) is 6. The average molecular weight is 313 g/mol. The van der Waals surface area contributed by atoms with Crippen LogP contribution in [0.5, 0.6) is 0 Å². The zero-order valence-electron chi connectivity index (χ0n) is 11.2. The highest BCUT2D eigenvalue weighted by molar-refractivity contribution is 5.70. The fourth-order valence-corrected chi connectivity index (χ4v) is 2.44. The number of aromatic nitrogens is 4. The molecule has 2 aromatic heterocycles. The molecule has 0 aliphatic carbocycles. The van der Waals surface area contributed by atoms with Crippen LogP contribution < -0.4 is 11.3 Å². The summed E-state index contributed by atoms with van der Waals surface area (Å²) < 4.78 is 6.59. The lowest BCUT2D eigenvalue weighted by Crippen LogP contribution is -2.56. The number of H-pyrrole nitrogens is 1. The maximum atomic E-state index is 11.7. The van der Waals surface area contributed by atoms with Gasteiger partial charge in [0.15, 0.2) is 17.4 Å². The Bertz CT molecular complexity index is 742. The molecule has 22 heavy (non-hydrogen) atoms. The van der Waals surface area contributed by atoms with E-state index < -0.39 is 42.8 Å². The Labute approximate surface area is 122 Å². The van der Waals surface area contributed by atoms with Crippen molar-refractivity contribution in [3.8, 4) is 0 Å². The van der Waals surface area contributed by atoms with Crippen LogP contribution in [0.2, 0.25) is 0 Å². The zero-order chi connectivity index (χ0) is 16.0. The Hall–Kier alpha value is -2.05. The molecule has 7 N–H and O–H groups in total. The van der Waals surface area contributed by atoms with E-state index in [0.29, 0.717) is 0 Å². The summed E-state index contributed by atoms with van der Waals surface area (Å²) in [7, 11) is 0. The second-order valence-corrected chi connectivity index (χ2v) is 4.99. The van der Waals surface area contributed by atoms with Crippen molar-refractivity contribution < 1.29 is 25.2 Å². The zero-order valence-corrected chi connectivity index (χ0v) is 11.2. The standard InChI is InChI=1S/C11H15N5O6/c12-11-14-8-4(9(21)15-11)13-2-16(8)10-7(20)6(19)5(18)3(1-17)22-10/h2-3,5-7,10,17-20H,1H2,(H3,12,14,15,21)/t3-,5+,6+,7-,10?/m1/s1. The summed E-state index contributed by atoms with van der Waals surface area (Å²) >= 11 is 0. The van der Waals surface area contributed by atoms with Gasteiger partial charge in [-0.3, -0.25) is 14.3 Å². The minimum absolute atomic E-state index is 0.0221. The van der Waals surface area contributed by atoms with E-state index in [-0.39, 0.29) is 17.1 Å². The molecule has 0 bridgehead atoms. The lowest BCUT2D eigenvalue weighted by atomic mass is 9.98. The van der Waals surface area contributed by atoms with Crippen molar-refractivity contribution in [3.05, 3.63) is 16.7 Å². The van der Waals surface area contributed by atoms with Crippen LogP contribution in [-0.4, -0.2) is 71.0 Å². The molecule has 0 spiro atoms. The van der Waals surface area contributed by atoms with Crippen LogP contribution in [0.1, 0.15) is 6.23 Å². The van der Waals surface area contributed by atoms with E-state index in [1.807, 2.05) is 0 Å². The number of anilines is 1. The van der Waals surface area contributed by atoms with Crippen LogP contribution in [0.15, 0.2) is 11.1 Å². The van der Waals surface area contributed by atoms with Gasteiger partial charge < -0.3 is 30.9 Å². The first-order chi connectivity index (χ1) is 10.4. The van der Waals surface area contributed by atoms with E-state index in [1.54, 1.807) is 0 Å². The van der Waals surface area contributed by atoms with E-state index in [0.717, 1.165) is 0 Å². The van der Waals surface area contributed by atoms with Gasteiger partial charge in [0.1, 0.15) is 24.4 Å². The number of aliphatic hydroxyl groups excluding tert-OH is 4. The van der Waals surface area contributed by atoms with Crippen molar-refractivity contribution in [2.45, 2.75) is 30.6 Å². The van der Waals surface area contributed by atoms with E-state index in [2.05, 4.69) is 15.0 Å². The number of hydrogen-bond acceptors (Lipinski definition) is 9. The molecule has 0 amide bonds. The molecule has 1 unspecified atom stereocenters. The third-order valence-electron chi connectivity index (χ3n) is 3.59. The molecule has 11 heteroatoms. The van der Waals surface area contributed by atoms with Crippen molar-refractivity contribution >= 4 is 17.1 Å². The van der Waals surface area contributed by atoms with Gasteiger partial charge in [-0.25, -0.2) is 4.98 Å². The number of imidazole rings is 1. The molecule has 2 aromatic rings. The molecule has 3 rings (SSSR count). The predicted octanol–water partition coefficient (Wildman–Crippen LogP) is -3.33. The van der Waals surface area contributed by atoms with Crippen LogP contribution in [-0.2, 0) is 4.74 Å². The van der Waals surface area contributed by atoms with Crippen molar-refractivity contribution in [2.75, 3.05) is 12.3 Å². The van der Waals surface area contributed by atoms with E-state index in [9.17, 15) is 25.2 Å². The number of nitrogens with two attached hydrogens (primary N) is 1. The minimum Gasteiger partial charge on any atom is -0.394 e.